The predicted octanol–water partition coefficient (Wildman–Crippen LogP) is 4.32. The van der Waals surface area contributed by atoms with Crippen molar-refractivity contribution in [3.05, 3.63) is 52.2 Å². The van der Waals surface area contributed by atoms with Crippen molar-refractivity contribution in [1.82, 2.24) is 0 Å². The van der Waals surface area contributed by atoms with E-state index in [4.69, 9.17) is 0 Å². The fraction of sp³-hybridized carbons (Fsp3) is 0.286. The lowest BCUT2D eigenvalue weighted by atomic mass is 9.89. The molecule has 0 fully saturated rings. The molecule has 27 heavy (non-hydrogen) atoms. The van der Waals surface area contributed by atoms with Crippen LogP contribution >= 0.6 is 0 Å². The van der Waals surface area contributed by atoms with E-state index in [-0.39, 0.29) is 50.7 Å². The first-order chi connectivity index (χ1) is 12.4. The molecule has 0 aliphatic carbocycles. The van der Waals surface area contributed by atoms with Gasteiger partial charge in [-0.1, -0.05) is 0 Å². The maximum absolute atomic E-state index is 12.0. The predicted molar refractivity (Wildman–Crippen MR) is 104 cm³/mol. The minimum Gasteiger partial charge on any atom is -0.512 e. The lowest BCUT2D eigenvalue weighted by Crippen LogP contribution is -2.07. The molecule has 0 radical (unpaired) electrons. The van der Waals surface area contributed by atoms with Gasteiger partial charge in [0, 0.05) is 0 Å². The minimum atomic E-state index is -0.416. The number of rotatable bonds is 6. The fourth-order valence-corrected chi connectivity index (χ4v) is 3.06. The molecule has 1 aromatic rings. The summed E-state index contributed by atoms with van der Waals surface area (Å²) in [7, 11) is 0. The Morgan fingerprint density at radius 2 is 0.704 bits per heavy atom. The Hall–Kier alpha value is -3.15. The molecular weight excluding hydrogens is 348 g/mol. The zero-order valence-corrected chi connectivity index (χ0v) is 16.3. The molecule has 0 bridgehead atoms. The molecule has 0 aliphatic heterocycles. The summed E-state index contributed by atoms with van der Waals surface area (Å²) in [6.45, 7) is 7.88. The zero-order valence-electron chi connectivity index (χ0n) is 16.3. The Morgan fingerprint density at radius 3 is 0.815 bits per heavy atom. The smallest absolute Gasteiger partial charge is 0.163 e. The van der Waals surface area contributed by atoms with Crippen molar-refractivity contribution < 1.29 is 29.7 Å². The van der Waals surface area contributed by atoms with Crippen molar-refractivity contribution in [2.24, 2.45) is 0 Å². The number of aliphatic hydroxyl groups is 3. The molecule has 0 saturated carbocycles. The van der Waals surface area contributed by atoms with Crippen molar-refractivity contribution in [1.29, 1.82) is 0 Å². The number of hydrogen-bond acceptors (Lipinski definition) is 6. The molecule has 0 saturated heterocycles. The van der Waals surface area contributed by atoms with Gasteiger partial charge in [0.25, 0.3) is 0 Å². The topological polar surface area (TPSA) is 112 Å². The highest BCUT2D eigenvalue weighted by Gasteiger charge is 2.20. The Bertz CT molecular complexity index is 769. The molecule has 3 N–H and O–H groups in total. The van der Waals surface area contributed by atoms with E-state index in [9.17, 15) is 29.7 Å². The summed E-state index contributed by atoms with van der Waals surface area (Å²) in [5.41, 5.74) is 0.806. The Kier molecular flexibility index (Phi) is 6.88. The summed E-state index contributed by atoms with van der Waals surface area (Å²) in [4.78, 5) is 36.0. The third-order valence-electron chi connectivity index (χ3n) is 3.94. The molecular formula is C21H24O6. The van der Waals surface area contributed by atoms with Gasteiger partial charge in [0.1, 0.15) is 17.3 Å². The van der Waals surface area contributed by atoms with Gasteiger partial charge in [-0.15, -0.1) is 0 Å². The van der Waals surface area contributed by atoms with Gasteiger partial charge in [-0.3, -0.25) is 14.4 Å². The van der Waals surface area contributed by atoms with E-state index in [0.717, 1.165) is 0 Å². The van der Waals surface area contributed by atoms with E-state index >= 15 is 0 Å². The van der Waals surface area contributed by atoms with E-state index < -0.39 is 17.3 Å². The number of benzene rings is 1. The quantitative estimate of drug-likeness (QED) is 0.506. The van der Waals surface area contributed by atoms with Gasteiger partial charge < -0.3 is 15.3 Å². The maximum atomic E-state index is 12.0. The van der Waals surface area contributed by atoms with Gasteiger partial charge >= 0.3 is 0 Å². The summed E-state index contributed by atoms with van der Waals surface area (Å²) >= 11 is 0. The average molecular weight is 372 g/mol. The molecule has 0 spiro atoms. The van der Waals surface area contributed by atoms with Crippen molar-refractivity contribution >= 4 is 34.1 Å². The van der Waals surface area contributed by atoms with E-state index in [2.05, 4.69) is 0 Å². The first kappa shape index (κ1) is 21.9. The molecule has 0 atom stereocenters. The van der Waals surface area contributed by atoms with Crippen LogP contribution in [0.2, 0.25) is 0 Å². The van der Waals surface area contributed by atoms with Crippen LogP contribution in [-0.4, -0.2) is 32.7 Å². The summed E-state index contributed by atoms with van der Waals surface area (Å²) in [6.07, 6.45) is 0. The summed E-state index contributed by atoms with van der Waals surface area (Å²) in [6, 6.07) is 4.42. The monoisotopic (exact) mass is 372 g/mol. The zero-order chi connectivity index (χ0) is 21.0. The summed E-state index contributed by atoms with van der Waals surface area (Å²) < 4.78 is 0. The minimum absolute atomic E-state index is 0.00934. The first-order valence-electron chi connectivity index (χ1n) is 8.27. The molecule has 1 rings (SSSR count). The van der Waals surface area contributed by atoms with Gasteiger partial charge in [-0.05, 0) is 76.4 Å². The van der Waals surface area contributed by atoms with E-state index in [1.807, 2.05) is 0 Å². The van der Waals surface area contributed by atoms with Crippen molar-refractivity contribution in [3.63, 3.8) is 0 Å². The van der Waals surface area contributed by atoms with Crippen LogP contribution in [-0.2, 0) is 14.4 Å². The Morgan fingerprint density at radius 1 is 0.519 bits per heavy atom. The van der Waals surface area contributed by atoms with Crippen LogP contribution < -0.4 is 0 Å². The number of ketones is 3. The van der Waals surface area contributed by atoms with Crippen molar-refractivity contribution in [2.75, 3.05) is 0 Å². The lowest BCUT2D eigenvalue weighted by molar-refractivity contribution is -0.112. The number of carbonyl (C=O) groups excluding carboxylic acids is 3. The van der Waals surface area contributed by atoms with Crippen molar-refractivity contribution in [3.8, 4) is 0 Å². The van der Waals surface area contributed by atoms with Gasteiger partial charge in [0.2, 0.25) is 0 Å². The summed E-state index contributed by atoms with van der Waals surface area (Å²) in [5.74, 6) is -1.93. The first-order valence-corrected chi connectivity index (χ1v) is 8.27. The number of allylic oxidation sites excluding steroid dienone is 6. The van der Waals surface area contributed by atoms with Crippen LogP contribution in [0.25, 0.3) is 16.7 Å². The van der Waals surface area contributed by atoms with Gasteiger partial charge in [-0.25, -0.2) is 0 Å². The SMILES string of the molecule is CC(=O)/C(=C(/C)O)c1cc(/C(C(C)=O)=C(/C)O)cc(/C(C(C)=O)=C(/C)O)c1. The number of hydrogen-bond donors (Lipinski definition) is 3. The van der Waals surface area contributed by atoms with Crippen LogP contribution in [0.5, 0.6) is 0 Å². The average Bonchev–Trinajstić information content (AvgIpc) is 2.44. The van der Waals surface area contributed by atoms with E-state index in [1.165, 1.54) is 59.7 Å². The molecule has 0 amide bonds. The Labute approximate surface area is 158 Å². The van der Waals surface area contributed by atoms with Gasteiger partial charge in [0.15, 0.2) is 17.3 Å². The van der Waals surface area contributed by atoms with Crippen molar-refractivity contribution in [2.45, 2.75) is 41.5 Å². The maximum Gasteiger partial charge on any atom is 0.163 e. The second-order valence-corrected chi connectivity index (χ2v) is 6.35. The van der Waals surface area contributed by atoms with Crippen LogP contribution in [0.15, 0.2) is 35.5 Å². The number of Topliss-reactive ketones (excluding diaryl/α,β-unsaturated/α-hetero) is 3. The molecule has 0 aliphatic rings. The third kappa shape index (κ3) is 4.94. The second-order valence-electron chi connectivity index (χ2n) is 6.35. The standard InChI is InChI=1S/C21H24O6/c1-10(22)19(11(2)23)16-7-17(20(12(3)24)13(4)25)9-18(8-16)21(14(5)26)15(6)27/h7-9,22,24,26H,1-6H3/b19-10-,20-12-,21-14+. The highest BCUT2D eigenvalue weighted by atomic mass is 16.3. The van der Waals surface area contributed by atoms with Crippen LogP contribution in [0.4, 0.5) is 0 Å². The molecule has 1 aromatic carbocycles. The molecule has 6 nitrogen and oxygen atoms in total. The van der Waals surface area contributed by atoms with E-state index in [1.54, 1.807) is 0 Å². The molecule has 0 heterocycles. The highest BCUT2D eigenvalue weighted by molar-refractivity contribution is 6.24. The molecule has 0 aromatic heterocycles. The number of carbonyl (C=O) groups is 3. The van der Waals surface area contributed by atoms with Crippen LogP contribution in [0.3, 0.4) is 0 Å². The third-order valence-corrected chi connectivity index (χ3v) is 3.94. The lowest BCUT2D eigenvalue weighted by Gasteiger charge is -2.15. The molecule has 6 heteroatoms. The van der Waals surface area contributed by atoms with Gasteiger partial charge in [0.05, 0.1) is 16.7 Å². The molecule has 0 unspecified atom stereocenters. The van der Waals surface area contributed by atoms with E-state index in [0.29, 0.717) is 0 Å². The largest absolute Gasteiger partial charge is 0.512 e. The second kappa shape index (κ2) is 8.49. The normalized spacial score (nSPS) is 14.0. The molecule has 144 valence electrons. The fourth-order valence-electron chi connectivity index (χ4n) is 3.06. The number of aliphatic hydroxyl groups excluding tert-OH is 3. The van der Waals surface area contributed by atoms with Gasteiger partial charge in [-0.2, -0.15) is 0 Å². The highest BCUT2D eigenvalue weighted by Crippen LogP contribution is 2.31. The summed E-state index contributed by atoms with van der Waals surface area (Å²) in [5, 5.41) is 29.8. The Balaban J connectivity index is 4.05. The van der Waals surface area contributed by atoms with Crippen LogP contribution in [0, 0.1) is 0 Å². The van der Waals surface area contributed by atoms with Crippen LogP contribution in [0.1, 0.15) is 58.2 Å².